The summed E-state index contributed by atoms with van der Waals surface area (Å²) in [6.45, 7) is 11.8. The number of anilines is 2. The summed E-state index contributed by atoms with van der Waals surface area (Å²) in [7, 11) is 1.58. The van der Waals surface area contributed by atoms with Crippen molar-refractivity contribution >= 4 is 60.8 Å². The van der Waals surface area contributed by atoms with E-state index in [1.165, 1.54) is 36.7 Å². The molecule has 0 radical (unpaired) electrons. The van der Waals surface area contributed by atoms with E-state index in [9.17, 15) is 14.9 Å². The molecule has 2 saturated heterocycles. The van der Waals surface area contributed by atoms with Crippen molar-refractivity contribution in [3.05, 3.63) is 58.3 Å². The zero-order valence-corrected chi connectivity index (χ0v) is 31.8. The lowest BCUT2D eigenvalue weighted by molar-refractivity contribution is -0.137. The Balaban J connectivity index is 1.36. The van der Waals surface area contributed by atoms with Crippen molar-refractivity contribution in [1.82, 2.24) is 24.3 Å². The van der Waals surface area contributed by atoms with Gasteiger partial charge in [0.15, 0.2) is 0 Å². The number of nitrogens with zero attached hydrogens (tertiary/aromatic N) is 7. The lowest BCUT2D eigenvalue weighted by Crippen LogP contribution is -2.58. The number of amides is 1. The van der Waals surface area contributed by atoms with Gasteiger partial charge < -0.3 is 15.1 Å². The Labute approximate surface area is 318 Å². The van der Waals surface area contributed by atoms with Crippen molar-refractivity contribution < 1.29 is 22.4 Å². The highest BCUT2D eigenvalue weighted by Crippen LogP contribution is 2.53. The summed E-state index contributed by atoms with van der Waals surface area (Å²) in [6, 6.07) is 5.20. The molecule has 1 saturated carbocycles. The van der Waals surface area contributed by atoms with E-state index in [2.05, 4.69) is 32.7 Å². The van der Waals surface area contributed by atoms with E-state index < -0.39 is 23.2 Å². The number of carbonyl (C=O) groups is 1. The average Bonchev–Trinajstić information content (AvgIpc) is 3.92. The van der Waals surface area contributed by atoms with Gasteiger partial charge >= 0.3 is 11.9 Å². The summed E-state index contributed by atoms with van der Waals surface area (Å²) in [4.78, 5) is 40.3. The van der Waals surface area contributed by atoms with Crippen LogP contribution in [0.5, 0.6) is 0 Å². The fourth-order valence-electron chi connectivity index (χ4n) is 8.70. The molecule has 16 heteroatoms. The number of aromatic nitrogens is 2. The van der Waals surface area contributed by atoms with E-state index in [0.29, 0.717) is 28.9 Å². The quantitative estimate of drug-likeness (QED) is 0.169. The third kappa shape index (κ3) is 6.13. The molecule has 0 bridgehead atoms. The second-order valence-corrected chi connectivity index (χ2v) is 16.7. The Hall–Kier alpha value is -4.17. The molecule has 10 nitrogen and oxygen atoms in total. The maximum absolute atomic E-state index is 15.5. The normalized spacial score (nSPS) is 22.5. The number of carbonyl (C=O) groups excluding carboxylic acids is 1. The minimum absolute atomic E-state index is 0.0548. The van der Waals surface area contributed by atoms with Gasteiger partial charge in [0.25, 0.3) is 0 Å². The number of benzene rings is 2. The Morgan fingerprint density at radius 1 is 1.15 bits per heavy atom. The number of fused-ring (bicyclic) bond motifs is 1. The van der Waals surface area contributed by atoms with Gasteiger partial charge in [-0.1, -0.05) is 12.6 Å². The van der Waals surface area contributed by atoms with Gasteiger partial charge in [0.1, 0.15) is 22.7 Å². The summed E-state index contributed by atoms with van der Waals surface area (Å²) < 4.78 is 63.6. The first-order valence-corrected chi connectivity index (χ1v) is 20.0. The number of alkyl halides is 3. The molecule has 1 amide bonds. The van der Waals surface area contributed by atoms with Gasteiger partial charge in [0, 0.05) is 98.0 Å². The van der Waals surface area contributed by atoms with Crippen molar-refractivity contribution in [2.45, 2.75) is 61.9 Å². The van der Waals surface area contributed by atoms with Gasteiger partial charge in [-0.05, 0) is 50.5 Å². The lowest BCUT2D eigenvalue weighted by Gasteiger charge is -2.45. The van der Waals surface area contributed by atoms with Crippen LogP contribution < -0.4 is 15.9 Å². The number of halogens is 4. The van der Waals surface area contributed by atoms with Crippen LogP contribution in [0, 0.1) is 17.1 Å². The molecule has 0 spiro atoms. The predicted molar refractivity (Wildman–Crippen MR) is 205 cm³/mol. The maximum Gasteiger partial charge on any atom is 0.417 e. The average molecular weight is 781 g/mol. The van der Waals surface area contributed by atoms with Gasteiger partial charge in [-0.2, -0.15) is 23.4 Å². The summed E-state index contributed by atoms with van der Waals surface area (Å²) in [5.41, 5.74) is -1.24. The number of thioether (sulfide) groups is 1. The zero-order valence-electron chi connectivity index (χ0n) is 30.2. The number of nitrogens with one attached hydrogen (secondary N) is 1. The second-order valence-electron chi connectivity index (χ2n) is 14.7. The van der Waals surface area contributed by atoms with E-state index in [4.69, 9.17) is 0 Å². The van der Waals surface area contributed by atoms with Crippen LogP contribution in [0.15, 0.2) is 40.5 Å². The Kier molecular flexibility index (Phi) is 9.43. The van der Waals surface area contributed by atoms with Crippen molar-refractivity contribution in [2.75, 3.05) is 68.8 Å². The first-order chi connectivity index (χ1) is 25.8. The minimum Gasteiger partial charge on any atom is -0.379 e. The molecular formula is C38H40F4N8O2S2. The summed E-state index contributed by atoms with van der Waals surface area (Å²) in [5.74, 6) is -0.451. The highest BCUT2D eigenvalue weighted by molar-refractivity contribution is 7.99. The van der Waals surface area contributed by atoms with E-state index in [1.807, 2.05) is 13.8 Å². The number of hydrogen-bond acceptors (Lipinski definition) is 10. The predicted octanol–water partition coefficient (Wildman–Crippen LogP) is 6.39. The summed E-state index contributed by atoms with van der Waals surface area (Å²) in [5, 5.41) is 13.7. The third-order valence-corrected chi connectivity index (χ3v) is 13.7. The van der Waals surface area contributed by atoms with Crippen molar-refractivity contribution in [1.29, 1.82) is 5.26 Å². The van der Waals surface area contributed by atoms with E-state index >= 15 is 17.6 Å². The van der Waals surface area contributed by atoms with Gasteiger partial charge in [0.05, 0.1) is 27.4 Å². The van der Waals surface area contributed by atoms with Gasteiger partial charge in [-0.3, -0.25) is 19.2 Å². The van der Waals surface area contributed by atoms with E-state index in [-0.39, 0.29) is 80.0 Å². The fraction of sp³-hybridized carbons (Fsp3) is 0.474. The van der Waals surface area contributed by atoms with E-state index in [0.717, 1.165) is 49.6 Å². The molecule has 3 atom stereocenters. The molecule has 5 heterocycles. The van der Waals surface area contributed by atoms with Crippen LogP contribution in [0.2, 0.25) is 0 Å². The summed E-state index contributed by atoms with van der Waals surface area (Å²) >= 11 is 2.23. The number of nitriles is 1. The molecule has 54 heavy (non-hydrogen) atoms. The number of thiophene rings is 1. The zero-order chi connectivity index (χ0) is 38.2. The molecule has 3 fully saturated rings. The minimum atomic E-state index is -4.87. The van der Waals surface area contributed by atoms with Crippen molar-refractivity contribution in [3.8, 4) is 17.2 Å². The van der Waals surface area contributed by atoms with Crippen LogP contribution in [0.25, 0.3) is 32.1 Å². The molecule has 4 aliphatic rings. The molecule has 3 aliphatic heterocycles. The molecule has 1 aliphatic carbocycles. The van der Waals surface area contributed by atoms with Crippen LogP contribution in [0.4, 0.5) is 28.4 Å². The van der Waals surface area contributed by atoms with Gasteiger partial charge in [-0.25, -0.2) is 9.18 Å². The molecule has 8 rings (SSSR count). The third-order valence-electron chi connectivity index (χ3n) is 11.2. The molecule has 1 unspecified atom stereocenters. The first-order valence-electron chi connectivity index (χ1n) is 18.2. The highest BCUT2D eigenvalue weighted by Gasteiger charge is 2.42. The SMILES string of the molecule is C=CC(=O)N1[C@H](C)CN(c2nc(=O)n3c4c(c(-c5ccc(F)c6sc(NC)c(C#N)c56)c(C(F)(F)F)cc24)SCC3CN2CCN(C3CC3)CC2)C[C@@H]1C. The van der Waals surface area contributed by atoms with Gasteiger partial charge in [-0.15, -0.1) is 23.1 Å². The van der Waals surface area contributed by atoms with Crippen LogP contribution in [0.3, 0.4) is 0 Å². The van der Waals surface area contributed by atoms with Crippen LogP contribution in [-0.2, 0) is 11.0 Å². The molecule has 4 aromatic rings. The maximum atomic E-state index is 15.5. The smallest absolute Gasteiger partial charge is 0.379 e. The monoisotopic (exact) mass is 780 g/mol. The number of rotatable bonds is 7. The summed E-state index contributed by atoms with van der Waals surface area (Å²) in [6.07, 6.45) is -1.19. The largest absolute Gasteiger partial charge is 0.417 e. The van der Waals surface area contributed by atoms with Crippen molar-refractivity contribution in [2.24, 2.45) is 0 Å². The molecule has 284 valence electrons. The fourth-order valence-corrected chi connectivity index (χ4v) is 11.1. The standard InChI is InChI=1S/C38H40F4N8O2S2/c1-5-29(51)49-20(2)16-48(17-21(49)3)35-25-14-27(38(40,41)42)31(24-8-9-28(39)33-30(24)26(15-43)36(44-4)54-33)34-32(25)50(37(52)45-35)23(19-53-34)18-46-10-12-47(13-11-46)22-6-7-22/h5,8-9,14,20-23,44H,1,6-7,10-13,16-19H2,2-4H3/t20-,21+,23?. The highest BCUT2D eigenvalue weighted by atomic mass is 32.2. The molecule has 1 N–H and O–H groups in total. The molecule has 2 aromatic heterocycles. The Morgan fingerprint density at radius 2 is 1.85 bits per heavy atom. The van der Waals surface area contributed by atoms with Crippen LogP contribution in [0.1, 0.15) is 43.9 Å². The first kappa shape index (κ1) is 36.8. The Bertz CT molecular complexity index is 2280. The van der Waals surface area contributed by atoms with Crippen LogP contribution in [-0.4, -0.2) is 107 Å². The lowest BCUT2D eigenvalue weighted by atomic mass is 9.92. The van der Waals surface area contributed by atoms with Crippen molar-refractivity contribution in [3.63, 3.8) is 0 Å². The van der Waals surface area contributed by atoms with Gasteiger partial charge in [0.2, 0.25) is 5.91 Å². The number of hydrogen-bond donors (Lipinski definition) is 1. The number of piperazine rings is 2. The molecule has 2 aromatic carbocycles. The van der Waals surface area contributed by atoms with E-state index in [1.54, 1.807) is 21.4 Å². The Morgan fingerprint density at radius 3 is 2.46 bits per heavy atom. The second kappa shape index (κ2) is 13.8. The molecular weight excluding hydrogens is 741 g/mol. The topological polar surface area (TPSA) is 101 Å². The van der Waals surface area contributed by atoms with Crippen LogP contribution >= 0.6 is 23.1 Å².